The highest BCUT2D eigenvalue weighted by molar-refractivity contribution is 6.20. The number of alkyl halides is 1. The van der Waals surface area contributed by atoms with Crippen LogP contribution in [0.1, 0.15) is 23.7 Å². The van der Waals surface area contributed by atoms with E-state index in [4.69, 9.17) is 11.6 Å². The summed E-state index contributed by atoms with van der Waals surface area (Å²) in [5.74, 6) is 0.335. The van der Waals surface area contributed by atoms with E-state index in [0.717, 1.165) is 11.1 Å². The zero-order valence-electron chi connectivity index (χ0n) is 10.9. The van der Waals surface area contributed by atoms with Crippen molar-refractivity contribution in [3.63, 3.8) is 0 Å². The van der Waals surface area contributed by atoms with Crippen molar-refractivity contribution in [2.45, 2.75) is 18.8 Å². The van der Waals surface area contributed by atoms with Crippen LogP contribution in [0.3, 0.4) is 0 Å². The Labute approximate surface area is 121 Å². The first-order valence-electron chi connectivity index (χ1n) is 6.34. The first kappa shape index (κ1) is 13.1. The maximum absolute atomic E-state index is 13.9. The van der Waals surface area contributed by atoms with E-state index >= 15 is 0 Å². The van der Waals surface area contributed by atoms with E-state index in [2.05, 4.69) is 9.97 Å². The van der Waals surface area contributed by atoms with Gasteiger partial charge in [0.15, 0.2) is 5.82 Å². The molecule has 0 fully saturated rings. The van der Waals surface area contributed by atoms with Gasteiger partial charge in [-0.05, 0) is 30.7 Å². The van der Waals surface area contributed by atoms with Gasteiger partial charge in [0.25, 0.3) is 0 Å². The number of benzene rings is 1. The molecule has 2 heterocycles. The van der Waals surface area contributed by atoms with Crippen LogP contribution in [0.2, 0.25) is 0 Å². The minimum absolute atomic E-state index is 0.293. The van der Waals surface area contributed by atoms with Gasteiger partial charge < -0.3 is 4.57 Å². The number of imidazole rings is 1. The van der Waals surface area contributed by atoms with E-state index < -0.39 is 0 Å². The summed E-state index contributed by atoms with van der Waals surface area (Å²) in [5, 5.41) is -0.293. The summed E-state index contributed by atoms with van der Waals surface area (Å²) in [4.78, 5) is 8.44. The molecule has 102 valence electrons. The largest absolute Gasteiger partial charge is 0.322 e. The normalized spacial score (nSPS) is 12.8. The van der Waals surface area contributed by atoms with E-state index in [0.29, 0.717) is 17.9 Å². The summed E-state index contributed by atoms with van der Waals surface area (Å²) in [6, 6.07) is 8.79. The number of fused-ring (bicyclic) bond motifs is 1. The van der Waals surface area contributed by atoms with Gasteiger partial charge >= 0.3 is 0 Å². The molecule has 5 heteroatoms. The Morgan fingerprint density at radius 3 is 2.85 bits per heavy atom. The highest BCUT2D eigenvalue weighted by Crippen LogP contribution is 2.26. The van der Waals surface area contributed by atoms with Crippen LogP contribution in [0, 0.1) is 5.82 Å². The summed E-state index contributed by atoms with van der Waals surface area (Å²) >= 11 is 6.18. The molecular weight excluding hydrogens is 277 g/mol. The summed E-state index contributed by atoms with van der Waals surface area (Å²) in [6.07, 6.45) is 3.51. The third-order valence-corrected chi connectivity index (χ3v) is 3.37. The van der Waals surface area contributed by atoms with Gasteiger partial charge in [-0.15, -0.1) is 11.6 Å². The van der Waals surface area contributed by atoms with Crippen LogP contribution in [-0.2, 0) is 6.54 Å². The number of halogens is 2. The molecule has 0 bridgehead atoms. The van der Waals surface area contributed by atoms with Gasteiger partial charge in [0.1, 0.15) is 11.3 Å². The van der Waals surface area contributed by atoms with Crippen LogP contribution in [0.25, 0.3) is 11.0 Å². The van der Waals surface area contributed by atoms with Crippen molar-refractivity contribution in [2.24, 2.45) is 0 Å². The van der Waals surface area contributed by atoms with Crippen molar-refractivity contribution in [2.75, 3.05) is 0 Å². The topological polar surface area (TPSA) is 30.7 Å². The first-order chi connectivity index (χ1) is 9.66. The van der Waals surface area contributed by atoms with Crippen LogP contribution in [0.4, 0.5) is 4.39 Å². The molecule has 20 heavy (non-hydrogen) atoms. The Bertz CT molecular complexity index is 737. The molecule has 0 aliphatic rings. The molecule has 1 unspecified atom stereocenters. The smallest absolute Gasteiger partial charge is 0.151 e. The summed E-state index contributed by atoms with van der Waals surface area (Å²) in [5.41, 5.74) is 2.13. The Morgan fingerprint density at radius 1 is 1.30 bits per heavy atom. The molecule has 0 aliphatic carbocycles. The Kier molecular flexibility index (Phi) is 3.40. The van der Waals surface area contributed by atoms with Gasteiger partial charge in [-0.3, -0.25) is 4.98 Å². The molecule has 0 saturated heterocycles. The SMILES string of the molecule is CC(Cl)c1nc2c(F)cccc2n1Cc1cccnc1. The Balaban J connectivity index is 2.17. The molecule has 3 rings (SSSR count). The zero-order chi connectivity index (χ0) is 14.1. The molecule has 0 aliphatic heterocycles. The predicted molar refractivity (Wildman–Crippen MR) is 77.3 cm³/mol. The number of rotatable bonds is 3. The van der Waals surface area contributed by atoms with Crippen molar-refractivity contribution in [3.8, 4) is 0 Å². The Morgan fingerprint density at radius 2 is 2.15 bits per heavy atom. The molecule has 2 aromatic heterocycles. The Hall–Kier alpha value is -1.94. The number of para-hydroxylation sites is 1. The van der Waals surface area contributed by atoms with E-state index in [9.17, 15) is 4.39 Å². The average Bonchev–Trinajstić information content (AvgIpc) is 2.81. The fourth-order valence-corrected chi connectivity index (χ4v) is 2.44. The minimum atomic E-state index is -0.328. The lowest BCUT2D eigenvalue weighted by Crippen LogP contribution is -2.05. The number of aromatic nitrogens is 3. The van der Waals surface area contributed by atoms with Gasteiger partial charge in [0.05, 0.1) is 17.4 Å². The van der Waals surface area contributed by atoms with Crippen molar-refractivity contribution in [1.29, 1.82) is 0 Å². The summed E-state index contributed by atoms with van der Waals surface area (Å²) < 4.78 is 15.8. The van der Waals surface area contributed by atoms with Crippen LogP contribution in [0.5, 0.6) is 0 Å². The molecule has 0 amide bonds. The summed E-state index contributed by atoms with van der Waals surface area (Å²) in [7, 11) is 0. The number of hydrogen-bond acceptors (Lipinski definition) is 2. The lowest BCUT2D eigenvalue weighted by Gasteiger charge is -2.10. The second-order valence-corrected chi connectivity index (χ2v) is 5.30. The van der Waals surface area contributed by atoms with Gasteiger partial charge in [0, 0.05) is 12.4 Å². The number of pyridine rings is 1. The lowest BCUT2D eigenvalue weighted by atomic mass is 10.2. The monoisotopic (exact) mass is 289 g/mol. The molecule has 0 N–H and O–H groups in total. The third kappa shape index (κ3) is 2.27. The first-order valence-corrected chi connectivity index (χ1v) is 6.78. The number of nitrogens with zero attached hydrogens (tertiary/aromatic N) is 3. The van der Waals surface area contributed by atoms with Crippen molar-refractivity contribution in [3.05, 3.63) is 59.9 Å². The molecule has 0 radical (unpaired) electrons. The second kappa shape index (κ2) is 5.21. The third-order valence-electron chi connectivity index (χ3n) is 3.18. The van der Waals surface area contributed by atoms with E-state index in [1.54, 1.807) is 18.5 Å². The van der Waals surface area contributed by atoms with Crippen LogP contribution >= 0.6 is 11.6 Å². The van der Waals surface area contributed by atoms with Gasteiger partial charge in [0.2, 0.25) is 0 Å². The minimum Gasteiger partial charge on any atom is -0.322 e. The number of hydrogen-bond donors (Lipinski definition) is 0. The van der Waals surface area contributed by atoms with Crippen molar-refractivity contribution in [1.82, 2.24) is 14.5 Å². The highest BCUT2D eigenvalue weighted by atomic mass is 35.5. The van der Waals surface area contributed by atoms with Gasteiger partial charge in [-0.25, -0.2) is 9.37 Å². The van der Waals surface area contributed by atoms with Crippen LogP contribution in [0.15, 0.2) is 42.7 Å². The van der Waals surface area contributed by atoms with E-state index in [-0.39, 0.29) is 11.2 Å². The maximum atomic E-state index is 13.9. The zero-order valence-corrected chi connectivity index (χ0v) is 11.7. The average molecular weight is 290 g/mol. The quantitative estimate of drug-likeness (QED) is 0.684. The van der Waals surface area contributed by atoms with Crippen LogP contribution < -0.4 is 0 Å². The molecular formula is C15H13ClFN3. The molecule has 1 aromatic carbocycles. The van der Waals surface area contributed by atoms with Crippen LogP contribution in [-0.4, -0.2) is 14.5 Å². The van der Waals surface area contributed by atoms with E-state index in [1.807, 2.05) is 29.7 Å². The second-order valence-electron chi connectivity index (χ2n) is 4.64. The van der Waals surface area contributed by atoms with Crippen molar-refractivity contribution >= 4 is 22.6 Å². The fourth-order valence-electron chi connectivity index (χ4n) is 2.27. The maximum Gasteiger partial charge on any atom is 0.151 e. The molecule has 1 atom stereocenters. The van der Waals surface area contributed by atoms with Gasteiger partial charge in [-0.2, -0.15) is 0 Å². The van der Waals surface area contributed by atoms with Gasteiger partial charge in [-0.1, -0.05) is 12.1 Å². The predicted octanol–water partition coefficient (Wildman–Crippen LogP) is 3.92. The molecule has 3 aromatic rings. The molecule has 3 nitrogen and oxygen atoms in total. The standard InChI is InChI=1S/C15H13ClFN3/c1-10(16)15-19-14-12(17)5-2-6-13(14)20(15)9-11-4-3-7-18-8-11/h2-8,10H,9H2,1H3. The molecule has 0 saturated carbocycles. The van der Waals surface area contributed by atoms with E-state index in [1.165, 1.54) is 6.07 Å². The molecule has 0 spiro atoms. The van der Waals surface area contributed by atoms with Crippen molar-refractivity contribution < 1.29 is 4.39 Å². The fraction of sp³-hybridized carbons (Fsp3) is 0.200. The highest BCUT2D eigenvalue weighted by Gasteiger charge is 2.17. The summed E-state index contributed by atoms with van der Waals surface area (Å²) in [6.45, 7) is 2.40. The lowest BCUT2D eigenvalue weighted by molar-refractivity contribution is 0.637.